The molecule has 0 spiro atoms. The second-order valence-electron chi connectivity index (χ2n) is 3.46. The van der Waals surface area contributed by atoms with Crippen LogP contribution in [0.25, 0.3) is 0 Å². The molecule has 0 amide bonds. The van der Waals surface area contributed by atoms with E-state index >= 15 is 0 Å². The van der Waals surface area contributed by atoms with Gasteiger partial charge in [0, 0.05) is 11.7 Å². The van der Waals surface area contributed by atoms with Crippen molar-refractivity contribution >= 4 is 27.2 Å². The summed E-state index contributed by atoms with van der Waals surface area (Å²) in [6.07, 6.45) is 1.56. The number of ketones is 1. The van der Waals surface area contributed by atoms with Crippen molar-refractivity contribution in [2.75, 3.05) is 5.75 Å². The Balaban J connectivity index is 2.92. The highest BCUT2D eigenvalue weighted by molar-refractivity contribution is 7.94. The van der Waals surface area contributed by atoms with Gasteiger partial charge in [-0.25, -0.2) is 8.42 Å². The smallest absolute Gasteiger partial charge is 0.200 e. The molecule has 0 N–H and O–H groups in total. The quantitative estimate of drug-likeness (QED) is 0.678. The number of hydrogen-bond donors (Lipinski definition) is 0. The van der Waals surface area contributed by atoms with Crippen LogP contribution in [0.1, 0.15) is 26.7 Å². The van der Waals surface area contributed by atoms with Gasteiger partial charge in [-0.1, -0.05) is 18.5 Å². The maximum Gasteiger partial charge on any atom is 0.200 e. The fourth-order valence-corrected chi connectivity index (χ4v) is 2.63. The van der Waals surface area contributed by atoms with E-state index in [4.69, 9.17) is 11.6 Å². The third kappa shape index (κ3) is 1.89. The molecule has 0 aromatic rings. The average Bonchev–Trinajstić information content (AvgIpc) is 2.85. The molecule has 1 aliphatic carbocycles. The summed E-state index contributed by atoms with van der Waals surface area (Å²) in [4.78, 5) is 11.5. The van der Waals surface area contributed by atoms with Crippen LogP contribution in [0.5, 0.6) is 0 Å². The lowest BCUT2D eigenvalue weighted by atomic mass is 10.2. The Morgan fingerprint density at radius 2 is 2.00 bits per heavy atom. The first-order chi connectivity index (χ1) is 5.83. The Morgan fingerprint density at radius 3 is 2.31 bits per heavy atom. The Morgan fingerprint density at radius 1 is 1.54 bits per heavy atom. The van der Waals surface area contributed by atoms with Crippen LogP contribution in [0.4, 0.5) is 0 Å². The Bertz CT molecular complexity index is 314. The number of carbonyl (C=O) groups excluding carboxylic acids is 1. The van der Waals surface area contributed by atoms with Gasteiger partial charge in [0.05, 0.1) is 0 Å². The van der Waals surface area contributed by atoms with E-state index in [1.54, 1.807) is 0 Å². The van der Waals surface area contributed by atoms with E-state index in [0.717, 1.165) is 12.8 Å². The maximum absolute atomic E-state index is 11.5. The van der Waals surface area contributed by atoms with E-state index in [9.17, 15) is 13.2 Å². The standard InChI is InChI=1S/C8H13ClO3S/c1-3-13(11,12)8(2,9)7(10)6-4-5-6/h6H,3-5H2,1-2H3/t8-/m1/s1. The summed E-state index contributed by atoms with van der Waals surface area (Å²) in [6, 6.07) is 0. The van der Waals surface area contributed by atoms with Crippen molar-refractivity contribution in [3.8, 4) is 0 Å². The van der Waals surface area contributed by atoms with E-state index in [1.807, 2.05) is 0 Å². The average molecular weight is 225 g/mol. The molecule has 76 valence electrons. The lowest BCUT2D eigenvalue weighted by molar-refractivity contribution is -0.120. The predicted molar refractivity (Wildman–Crippen MR) is 51.4 cm³/mol. The summed E-state index contributed by atoms with van der Waals surface area (Å²) in [5, 5.41) is 0. The topological polar surface area (TPSA) is 51.2 Å². The molecular formula is C8H13ClO3S. The molecule has 1 saturated carbocycles. The van der Waals surface area contributed by atoms with Crippen LogP contribution in [0.15, 0.2) is 0 Å². The van der Waals surface area contributed by atoms with Crippen LogP contribution in [-0.2, 0) is 14.6 Å². The number of Topliss-reactive ketones (excluding diaryl/α,β-unsaturated/α-hetero) is 1. The molecule has 0 radical (unpaired) electrons. The van der Waals surface area contributed by atoms with Gasteiger partial charge < -0.3 is 0 Å². The number of rotatable bonds is 4. The van der Waals surface area contributed by atoms with E-state index in [0.29, 0.717) is 0 Å². The second-order valence-corrected chi connectivity index (χ2v) is 7.06. The molecule has 0 aliphatic heterocycles. The molecule has 1 aliphatic rings. The minimum absolute atomic E-state index is 0.0918. The van der Waals surface area contributed by atoms with Crippen molar-refractivity contribution in [3.63, 3.8) is 0 Å². The number of sulfone groups is 1. The zero-order chi connectivity index (χ0) is 10.3. The van der Waals surface area contributed by atoms with Crippen molar-refractivity contribution in [2.45, 2.75) is 30.9 Å². The first kappa shape index (κ1) is 11.0. The predicted octanol–water partition coefficient (Wildman–Crippen LogP) is 1.36. The van der Waals surface area contributed by atoms with E-state index < -0.39 is 14.0 Å². The summed E-state index contributed by atoms with van der Waals surface area (Å²) in [5.74, 6) is -0.550. The van der Waals surface area contributed by atoms with Gasteiger partial charge >= 0.3 is 0 Å². The highest BCUT2D eigenvalue weighted by Crippen LogP contribution is 2.38. The van der Waals surface area contributed by atoms with Gasteiger partial charge in [-0.2, -0.15) is 0 Å². The fraction of sp³-hybridized carbons (Fsp3) is 0.875. The van der Waals surface area contributed by atoms with E-state index in [1.165, 1.54) is 13.8 Å². The van der Waals surface area contributed by atoms with Crippen molar-refractivity contribution in [2.24, 2.45) is 5.92 Å². The number of halogens is 1. The summed E-state index contributed by atoms with van der Waals surface area (Å²) in [6.45, 7) is 2.78. The fourth-order valence-electron chi connectivity index (χ4n) is 1.13. The molecule has 13 heavy (non-hydrogen) atoms. The first-order valence-electron chi connectivity index (χ1n) is 4.28. The minimum Gasteiger partial charge on any atom is -0.296 e. The van der Waals surface area contributed by atoms with Gasteiger partial charge in [-0.15, -0.1) is 0 Å². The molecular weight excluding hydrogens is 212 g/mol. The van der Waals surface area contributed by atoms with Crippen molar-refractivity contribution in [1.82, 2.24) is 0 Å². The normalized spacial score (nSPS) is 22.4. The van der Waals surface area contributed by atoms with Crippen LogP contribution in [0, 0.1) is 5.92 Å². The van der Waals surface area contributed by atoms with Crippen molar-refractivity contribution < 1.29 is 13.2 Å². The Hall–Kier alpha value is -0.0900. The molecule has 0 aromatic heterocycles. The van der Waals surface area contributed by atoms with Crippen molar-refractivity contribution in [3.05, 3.63) is 0 Å². The van der Waals surface area contributed by atoms with Gasteiger partial charge in [0.25, 0.3) is 0 Å². The molecule has 1 rings (SSSR count). The number of alkyl halides is 1. The third-order valence-electron chi connectivity index (χ3n) is 2.35. The zero-order valence-electron chi connectivity index (χ0n) is 7.71. The Kier molecular flexibility index (Phi) is 2.74. The van der Waals surface area contributed by atoms with Gasteiger partial charge in [-0.3, -0.25) is 4.79 Å². The number of carbonyl (C=O) groups is 1. The van der Waals surface area contributed by atoms with Crippen LogP contribution in [0.2, 0.25) is 0 Å². The molecule has 5 heteroatoms. The summed E-state index contributed by atoms with van der Waals surface area (Å²) in [7, 11) is -3.49. The van der Waals surface area contributed by atoms with Crippen molar-refractivity contribution in [1.29, 1.82) is 0 Å². The maximum atomic E-state index is 11.5. The Labute approximate surface area is 83.4 Å². The molecule has 0 aromatic carbocycles. The highest BCUT2D eigenvalue weighted by Gasteiger charge is 2.49. The lowest BCUT2D eigenvalue weighted by Gasteiger charge is -2.19. The molecule has 3 nitrogen and oxygen atoms in total. The summed E-state index contributed by atoms with van der Waals surface area (Å²) >= 11 is 5.78. The largest absolute Gasteiger partial charge is 0.296 e. The monoisotopic (exact) mass is 224 g/mol. The molecule has 1 fully saturated rings. The van der Waals surface area contributed by atoms with E-state index in [-0.39, 0.29) is 17.5 Å². The summed E-state index contributed by atoms with van der Waals surface area (Å²) in [5.41, 5.74) is 0. The van der Waals surface area contributed by atoms with Crippen LogP contribution in [0.3, 0.4) is 0 Å². The van der Waals surface area contributed by atoms with Crippen LogP contribution >= 0.6 is 11.6 Å². The zero-order valence-corrected chi connectivity index (χ0v) is 9.28. The molecule has 0 bridgehead atoms. The molecule has 0 unspecified atom stereocenters. The molecule has 0 saturated heterocycles. The van der Waals surface area contributed by atoms with Gasteiger partial charge in [0.15, 0.2) is 15.6 Å². The lowest BCUT2D eigenvalue weighted by Crippen LogP contribution is -2.40. The summed E-state index contributed by atoms with van der Waals surface area (Å²) < 4.78 is 21.2. The van der Waals surface area contributed by atoms with E-state index in [2.05, 4.69) is 0 Å². The molecule has 1 atom stereocenters. The van der Waals surface area contributed by atoms with Gasteiger partial charge in [0.2, 0.25) is 4.21 Å². The second kappa shape index (κ2) is 3.24. The van der Waals surface area contributed by atoms with Crippen LogP contribution in [-0.4, -0.2) is 24.2 Å². The minimum atomic E-state index is -3.49. The SMILES string of the molecule is CCS(=O)(=O)[C@@](C)(Cl)C(=O)C1CC1. The van der Waals surface area contributed by atoms with Gasteiger partial charge in [0.1, 0.15) is 0 Å². The van der Waals surface area contributed by atoms with Gasteiger partial charge in [-0.05, 0) is 19.8 Å². The molecule has 0 heterocycles. The highest BCUT2D eigenvalue weighted by atomic mass is 35.5. The van der Waals surface area contributed by atoms with Crippen LogP contribution < -0.4 is 0 Å². The number of hydrogen-bond acceptors (Lipinski definition) is 3. The third-order valence-corrected chi connectivity index (χ3v) is 5.37. The first-order valence-corrected chi connectivity index (χ1v) is 6.31.